The molecule has 1 aromatic rings. The molecule has 2 amide bonds. The topological polar surface area (TPSA) is 92.4 Å². The minimum Gasteiger partial charge on any atom is -0.383 e. The number of nitrogens with one attached hydrogen (secondary N) is 1. The summed E-state index contributed by atoms with van der Waals surface area (Å²) in [5, 5.41) is 12.3. The van der Waals surface area contributed by atoms with Crippen LogP contribution in [0.2, 0.25) is 0 Å². The summed E-state index contributed by atoms with van der Waals surface area (Å²) in [5.74, 6) is -0.932. The number of amides is 2. The molecule has 1 aromatic carbocycles. The maximum absolute atomic E-state index is 11.8. The zero-order chi connectivity index (χ0) is 15.8. The monoisotopic (exact) mass is 292 g/mol. The van der Waals surface area contributed by atoms with Crippen molar-refractivity contribution in [3.05, 3.63) is 35.9 Å². The molecule has 116 valence electrons. The van der Waals surface area contributed by atoms with E-state index in [4.69, 9.17) is 5.73 Å². The second-order valence-electron chi connectivity index (χ2n) is 5.63. The summed E-state index contributed by atoms with van der Waals surface area (Å²) in [6.07, 6.45) is 0.299. The van der Waals surface area contributed by atoms with Crippen molar-refractivity contribution in [3.8, 4) is 0 Å². The molecule has 0 aliphatic heterocycles. The Bertz CT molecular complexity index is 460. The predicted octanol–water partition coefficient (Wildman–Crippen LogP) is 0.996. The van der Waals surface area contributed by atoms with Crippen LogP contribution in [0.3, 0.4) is 0 Å². The van der Waals surface area contributed by atoms with Crippen molar-refractivity contribution in [1.82, 2.24) is 5.32 Å². The molecule has 0 spiro atoms. The van der Waals surface area contributed by atoms with Crippen LogP contribution in [0, 0.1) is 5.92 Å². The van der Waals surface area contributed by atoms with E-state index in [1.807, 2.05) is 44.2 Å². The summed E-state index contributed by atoms with van der Waals surface area (Å²) in [6, 6.07) is 8.89. The van der Waals surface area contributed by atoms with E-state index in [2.05, 4.69) is 5.32 Å². The van der Waals surface area contributed by atoms with Gasteiger partial charge in [-0.15, -0.1) is 0 Å². The number of rotatable bonds is 8. The van der Waals surface area contributed by atoms with Crippen LogP contribution in [0.4, 0.5) is 0 Å². The van der Waals surface area contributed by atoms with Crippen LogP contribution in [0.15, 0.2) is 30.3 Å². The Labute approximate surface area is 125 Å². The fraction of sp³-hybridized carbons (Fsp3) is 0.500. The van der Waals surface area contributed by atoms with Gasteiger partial charge in [0.1, 0.15) is 12.1 Å². The van der Waals surface area contributed by atoms with Crippen molar-refractivity contribution >= 4 is 11.8 Å². The van der Waals surface area contributed by atoms with Crippen LogP contribution >= 0.6 is 0 Å². The Morgan fingerprint density at radius 1 is 1.24 bits per heavy atom. The average Bonchev–Trinajstić information content (AvgIpc) is 2.43. The third-order valence-electron chi connectivity index (χ3n) is 3.22. The fourth-order valence-electron chi connectivity index (χ4n) is 2.06. The number of carbonyl (C=O) groups excluding carboxylic acids is 2. The average molecular weight is 292 g/mol. The van der Waals surface area contributed by atoms with Crippen LogP contribution in [0.1, 0.15) is 32.3 Å². The van der Waals surface area contributed by atoms with Gasteiger partial charge < -0.3 is 16.2 Å². The lowest BCUT2D eigenvalue weighted by atomic mass is 10.0. The first kappa shape index (κ1) is 17.2. The highest BCUT2D eigenvalue weighted by Crippen LogP contribution is 2.07. The van der Waals surface area contributed by atoms with Crippen LogP contribution in [0.25, 0.3) is 0 Å². The van der Waals surface area contributed by atoms with E-state index in [9.17, 15) is 14.7 Å². The molecule has 4 N–H and O–H groups in total. The molecule has 0 saturated heterocycles. The first-order chi connectivity index (χ1) is 9.90. The molecule has 5 nitrogen and oxygen atoms in total. The summed E-state index contributed by atoms with van der Waals surface area (Å²) in [7, 11) is 0. The maximum atomic E-state index is 11.8. The van der Waals surface area contributed by atoms with Gasteiger partial charge in [0.2, 0.25) is 11.8 Å². The second-order valence-corrected chi connectivity index (χ2v) is 5.63. The number of benzene rings is 1. The van der Waals surface area contributed by atoms with Crippen LogP contribution in [-0.2, 0) is 16.0 Å². The van der Waals surface area contributed by atoms with E-state index in [0.29, 0.717) is 19.3 Å². The molecule has 0 aliphatic carbocycles. The molecule has 0 unspecified atom stereocenters. The summed E-state index contributed by atoms with van der Waals surface area (Å²) in [4.78, 5) is 23.3. The minimum absolute atomic E-state index is 0.196. The van der Waals surface area contributed by atoms with Gasteiger partial charge in [0.25, 0.3) is 0 Å². The fourth-order valence-corrected chi connectivity index (χ4v) is 2.06. The highest BCUT2D eigenvalue weighted by atomic mass is 16.3. The third-order valence-corrected chi connectivity index (χ3v) is 3.22. The second kappa shape index (κ2) is 8.42. The van der Waals surface area contributed by atoms with Gasteiger partial charge in [-0.05, 0) is 30.7 Å². The number of aliphatic hydroxyl groups excluding tert-OH is 1. The molecule has 2 atom stereocenters. The molecule has 0 bridgehead atoms. The normalized spacial score (nSPS) is 13.7. The van der Waals surface area contributed by atoms with Gasteiger partial charge in [-0.3, -0.25) is 9.59 Å². The standard InChI is InChI=1S/C16H24N2O3/c1-11(2)10-14(19)16(21)18-13(15(17)20)9-8-12-6-4-3-5-7-12/h3-7,11,13-14,19H,8-10H2,1-2H3,(H2,17,20)(H,18,21)/t13-,14+/m0/s1. The Hall–Kier alpha value is -1.88. The van der Waals surface area contributed by atoms with Crippen LogP contribution in [0.5, 0.6) is 0 Å². The van der Waals surface area contributed by atoms with E-state index >= 15 is 0 Å². The first-order valence-electron chi connectivity index (χ1n) is 7.21. The van der Waals surface area contributed by atoms with Gasteiger partial charge in [0.05, 0.1) is 0 Å². The lowest BCUT2D eigenvalue weighted by Crippen LogP contribution is -2.48. The molecular formula is C16H24N2O3. The molecule has 5 heteroatoms. The van der Waals surface area contributed by atoms with E-state index in [-0.39, 0.29) is 5.92 Å². The number of nitrogens with two attached hydrogens (primary N) is 1. The van der Waals surface area contributed by atoms with E-state index in [0.717, 1.165) is 5.56 Å². The van der Waals surface area contributed by atoms with Gasteiger partial charge >= 0.3 is 0 Å². The molecule has 0 fully saturated rings. The molecule has 0 saturated carbocycles. The minimum atomic E-state index is -1.11. The molecular weight excluding hydrogens is 268 g/mol. The van der Waals surface area contributed by atoms with Crippen LogP contribution < -0.4 is 11.1 Å². The number of hydrogen-bond acceptors (Lipinski definition) is 3. The van der Waals surface area contributed by atoms with Gasteiger partial charge in [0.15, 0.2) is 0 Å². The molecule has 0 aliphatic rings. The summed E-state index contributed by atoms with van der Waals surface area (Å²) in [6.45, 7) is 3.83. The summed E-state index contributed by atoms with van der Waals surface area (Å²) in [5.41, 5.74) is 6.39. The molecule has 0 heterocycles. The lowest BCUT2D eigenvalue weighted by Gasteiger charge is -2.19. The molecule has 21 heavy (non-hydrogen) atoms. The summed E-state index contributed by atoms with van der Waals surface area (Å²) < 4.78 is 0. The lowest BCUT2D eigenvalue weighted by molar-refractivity contribution is -0.133. The highest BCUT2D eigenvalue weighted by molar-refractivity contribution is 5.88. The zero-order valence-corrected chi connectivity index (χ0v) is 12.6. The number of aliphatic hydroxyl groups is 1. The number of carbonyl (C=O) groups is 2. The quantitative estimate of drug-likeness (QED) is 0.667. The molecule has 0 radical (unpaired) electrons. The van der Waals surface area contributed by atoms with E-state index < -0.39 is 24.0 Å². The van der Waals surface area contributed by atoms with Crippen molar-refractivity contribution in [2.24, 2.45) is 11.7 Å². The van der Waals surface area contributed by atoms with Crippen molar-refractivity contribution in [3.63, 3.8) is 0 Å². The number of hydrogen-bond donors (Lipinski definition) is 3. The van der Waals surface area contributed by atoms with Crippen molar-refractivity contribution in [2.45, 2.75) is 45.3 Å². The Kier molecular flexibility index (Phi) is 6.88. The van der Waals surface area contributed by atoms with Gasteiger partial charge in [-0.2, -0.15) is 0 Å². The van der Waals surface area contributed by atoms with E-state index in [1.54, 1.807) is 0 Å². The molecule has 1 rings (SSSR count). The zero-order valence-electron chi connectivity index (χ0n) is 12.6. The SMILES string of the molecule is CC(C)C[C@@H](O)C(=O)N[C@@H](CCc1ccccc1)C(N)=O. The Balaban J connectivity index is 2.54. The number of aryl methyl sites for hydroxylation is 1. The maximum Gasteiger partial charge on any atom is 0.249 e. The van der Waals surface area contributed by atoms with Crippen LogP contribution in [-0.4, -0.2) is 29.1 Å². The third kappa shape index (κ3) is 6.40. The van der Waals surface area contributed by atoms with Gasteiger partial charge in [0, 0.05) is 0 Å². The first-order valence-corrected chi connectivity index (χ1v) is 7.21. The largest absolute Gasteiger partial charge is 0.383 e. The number of primary amides is 1. The highest BCUT2D eigenvalue weighted by Gasteiger charge is 2.23. The Morgan fingerprint density at radius 3 is 2.38 bits per heavy atom. The van der Waals surface area contributed by atoms with E-state index in [1.165, 1.54) is 0 Å². The predicted molar refractivity (Wildman–Crippen MR) is 81.3 cm³/mol. The molecule has 0 aromatic heterocycles. The van der Waals surface area contributed by atoms with Crippen molar-refractivity contribution in [1.29, 1.82) is 0 Å². The van der Waals surface area contributed by atoms with Gasteiger partial charge in [-0.25, -0.2) is 0 Å². The Morgan fingerprint density at radius 2 is 1.86 bits per heavy atom. The smallest absolute Gasteiger partial charge is 0.249 e. The summed E-state index contributed by atoms with van der Waals surface area (Å²) >= 11 is 0. The van der Waals surface area contributed by atoms with Crippen molar-refractivity contribution in [2.75, 3.05) is 0 Å². The van der Waals surface area contributed by atoms with Crippen molar-refractivity contribution < 1.29 is 14.7 Å². The van der Waals surface area contributed by atoms with Gasteiger partial charge in [-0.1, -0.05) is 44.2 Å².